The lowest BCUT2D eigenvalue weighted by Crippen LogP contribution is -2.31. The van der Waals surface area contributed by atoms with Crippen molar-refractivity contribution in [3.8, 4) is 0 Å². The summed E-state index contributed by atoms with van der Waals surface area (Å²) >= 11 is 0. The van der Waals surface area contributed by atoms with Gasteiger partial charge in [0.25, 0.3) is 0 Å². The van der Waals surface area contributed by atoms with E-state index in [4.69, 9.17) is 0 Å². The van der Waals surface area contributed by atoms with Gasteiger partial charge < -0.3 is 9.88 Å². The van der Waals surface area contributed by atoms with Crippen molar-refractivity contribution < 1.29 is 22.4 Å². The number of nitrogens with one attached hydrogen (secondary N) is 1. The number of alkyl halides is 3. The highest BCUT2D eigenvalue weighted by Gasteiger charge is 2.35. The van der Waals surface area contributed by atoms with E-state index < -0.39 is 29.0 Å². The van der Waals surface area contributed by atoms with Gasteiger partial charge in [-0.1, -0.05) is 23.8 Å². The lowest BCUT2D eigenvalue weighted by Gasteiger charge is -2.19. The molecule has 1 amide bonds. The number of fused-ring (bicyclic) bond motifs is 1. The average molecular weight is 406 g/mol. The molecule has 3 aromatic rings. The van der Waals surface area contributed by atoms with Crippen LogP contribution in [0.4, 0.5) is 17.6 Å². The average Bonchev–Trinajstić information content (AvgIpc) is 2.64. The summed E-state index contributed by atoms with van der Waals surface area (Å²) in [4.78, 5) is 24.2. The molecule has 0 atom stereocenters. The van der Waals surface area contributed by atoms with Crippen molar-refractivity contribution in [2.24, 2.45) is 0 Å². The van der Waals surface area contributed by atoms with Crippen LogP contribution in [-0.2, 0) is 23.9 Å². The molecule has 1 N–H and O–H groups in total. The van der Waals surface area contributed by atoms with Gasteiger partial charge in [-0.2, -0.15) is 13.2 Å². The minimum absolute atomic E-state index is 0.0173. The molecule has 0 spiro atoms. The molecule has 0 aliphatic rings. The standard InChI is InChI=1S/C21H18F4N2O2/c1-13-2-7-17-16(10-13)18(28)12-19(21(23,24)25)27(17)9-8-26-20(29)11-14-3-5-15(22)6-4-14/h2-7,10,12H,8-9,11H2,1H3,(H,26,29). The van der Waals surface area contributed by atoms with Gasteiger partial charge in [0.2, 0.25) is 5.91 Å². The minimum Gasteiger partial charge on any atom is -0.354 e. The van der Waals surface area contributed by atoms with Crippen molar-refractivity contribution in [1.82, 2.24) is 9.88 Å². The van der Waals surface area contributed by atoms with E-state index in [2.05, 4.69) is 5.32 Å². The summed E-state index contributed by atoms with van der Waals surface area (Å²) in [6, 6.07) is 10.6. The molecule has 0 saturated carbocycles. The number of amides is 1. The normalized spacial score (nSPS) is 11.6. The van der Waals surface area contributed by atoms with Gasteiger partial charge in [-0.05, 0) is 36.8 Å². The predicted molar refractivity (Wildman–Crippen MR) is 101 cm³/mol. The van der Waals surface area contributed by atoms with Crippen LogP contribution >= 0.6 is 0 Å². The van der Waals surface area contributed by atoms with Crippen LogP contribution in [0.2, 0.25) is 0 Å². The Balaban J connectivity index is 1.81. The van der Waals surface area contributed by atoms with Gasteiger partial charge >= 0.3 is 6.18 Å². The summed E-state index contributed by atoms with van der Waals surface area (Å²) in [7, 11) is 0. The second-order valence-corrected chi connectivity index (χ2v) is 6.72. The highest BCUT2D eigenvalue weighted by molar-refractivity contribution is 5.80. The molecule has 29 heavy (non-hydrogen) atoms. The quantitative estimate of drug-likeness (QED) is 0.655. The van der Waals surface area contributed by atoms with Gasteiger partial charge in [0.15, 0.2) is 5.43 Å². The van der Waals surface area contributed by atoms with Crippen LogP contribution < -0.4 is 10.7 Å². The van der Waals surface area contributed by atoms with Crippen molar-refractivity contribution in [2.45, 2.75) is 26.1 Å². The maximum Gasteiger partial charge on any atom is 0.431 e. The lowest BCUT2D eigenvalue weighted by atomic mass is 10.1. The number of benzene rings is 2. The number of pyridine rings is 1. The number of halogens is 4. The molecule has 0 aliphatic carbocycles. The smallest absolute Gasteiger partial charge is 0.354 e. The van der Waals surface area contributed by atoms with Gasteiger partial charge in [-0.3, -0.25) is 9.59 Å². The second kappa shape index (κ2) is 8.06. The van der Waals surface area contributed by atoms with Gasteiger partial charge in [0, 0.05) is 24.5 Å². The third kappa shape index (κ3) is 4.82. The van der Waals surface area contributed by atoms with Gasteiger partial charge in [0.05, 0.1) is 11.9 Å². The molecule has 152 valence electrons. The molecule has 0 aliphatic heterocycles. The first-order valence-electron chi connectivity index (χ1n) is 8.88. The number of carbonyl (C=O) groups excluding carboxylic acids is 1. The first kappa shape index (κ1) is 20.6. The first-order chi connectivity index (χ1) is 13.6. The number of carbonyl (C=O) groups is 1. The zero-order chi connectivity index (χ0) is 21.2. The van der Waals surface area contributed by atoms with Crippen LogP contribution in [0.25, 0.3) is 10.9 Å². The summed E-state index contributed by atoms with van der Waals surface area (Å²) in [5, 5.41) is 2.76. The summed E-state index contributed by atoms with van der Waals surface area (Å²) in [6.45, 7) is 1.52. The van der Waals surface area contributed by atoms with Crippen molar-refractivity contribution in [3.05, 3.63) is 81.4 Å². The molecule has 0 unspecified atom stereocenters. The molecular formula is C21H18F4N2O2. The van der Waals surface area contributed by atoms with E-state index in [0.717, 1.165) is 10.1 Å². The maximum absolute atomic E-state index is 13.5. The summed E-state index contributed by atoms with van der Waals surface area (Å²) in [5.74, 6) is -0.819. The Kier molecular flexibility index (Phi) is 5.72. The van der Waals surface area contributed by atoms with Crippen molar-refractivity contribution in [2.75, 3.05) is 6.54 Å². The lowest BCUT2D eigenvalue weighted by molar-refractivity contribution is -0.143. The molecule has 3 rings (SSSR count). The number of nitrogens with zero attached hydrogens (tertiary/aromatic N) is 1. The summed E-state index contributed by atoms with van der Waals surface area (Å²) in [5.41, 5.74) is -0.264. The number of rotatable bonds is 5. The third-order valence-corrected chi connectivity index (χ3v) is 4.49. The number of aryl methyl sites for hydroxylation is 1. The third-order valence-electron chi connectivity index (χ3n) is 4.49. The maximum atomic E-state index is 13.5. The van der Waals surface area contributed by atoms with Crippen molar-refractivity contribution in [3.63, 3.8) is 0 Å². The molecule has 4 nitrogen and oxygen atoms in total. The van der Waals surface area contributed by atoms with Gasteiger partial charge in [0.1, 0.15) is 11.5 Å². The minimum atomic E-state index is -4.71. The zero-order valence-electron chi connectivity index (χ0n) is 15.5. The van der Waals surface area contributed by atoms with Crippen LogP contribution in [0.3, 0.4) is 0 Å². The monoisotopic (exact) mass is 406 g/mol. The Bertz CT molecular complexity index is 1100. The fourth-order valence-corrected chi connectivity index (χ4v) is 3.13. The Labute approximate surface area is 163 Å². The van der Waals surface area contributed by atoms with Gasteiger partial charge in [-0.25, -0.2) is 4.39 Å². The molecule has 0 bridgehead atoms. The van der Waals surface area contributed by atoms with E-state index in [9.17, 15) is 27.2 Å². The zero-order valence-corrected chi connectivity index (χ0v) is 15.5. The van der Waals surface area contributed by atoms with E-state index in [1.807, 2.05) is 0 Å². The van der Waals surface area contributed by atoms with Crippen LogP contribution in [-0.4, -0.2) is 17.0 Å². The van der Waals surface area contributed by atoms with Crippen molar-refractivity contribution in [1.29, 1.82) is 0 Å². The van der Waals surface area contributed by atoms with Crippen LogP contribution in [0.1, 0.15) is 16.8 Å². The molecule has 0 saturated heterocycles. The van der Waals surface area contributed by atoms with Crippen LogP contribution in [0, 0.1) is 12.7 Å². The number of hydrogen-bond acceptors (Lipinski definition) is 2. The van der Waals surface area contributed by atoms with E-state index in [1.54, 1.807) is 19.1 Å². The Morgan fingerprint density at radius 2 is 1.76 bits per heavy atom. The highest BCUT2D eigenvalue weighted by atomic mass is 19.4. The van der Waals surface area contributed by atoms with Crippen LogP contribution in [0.5, 0.6) is 0 Å². The Hall–Kier alpha value is -3.16. The number of hydrogen-bond donors (Lipinski definition) is 1. The topological polar surface area (TPSA) is 51.1 Å². The molecule has 0 fully saturated rings. The molecular weight excluding hydrogens is 388 g/mol. The SMILES string of the molecule is Cc1ccc2c(c1)c(=O)cc(C(F)(F)F)n2CCNC(=O)Cc1ccc(F)cc1. The van der Waals surface area contributed by atoms with E-state index in [1.165, 1.54) is 30.3 Å². The van der Waals surface area contributed by atoms with Gasteiger partial charge in [-0.15, -0.1) is 0 Å². The molecule has 0 radical (unpaired) electrons. The van der Waals surface area contributed by atoms with E-state index in [0.29, 0.717) is 11.6 Å². The fourth-order valence-electron chi connectivity index (χ4n) is 3.13. The Morgan fingerprint density at radius 3 is 2.41 bits per heavy atom. The first-order valence-corrected chi connectivity index (χ1v) is 8.88. The van der Waals surface area contributed by atoms with Crippen LogP contribution in [0.15, 0.2) is 53.3 Å². The molecule has 8 heteroatoms. The number of aromatic nitrogens is 1. The van der Waals surface area contributed by atoms with Crippen molar-refractivity contribution >= 4 is 16.8 Å². The Morgan fingerprint density at radius 1 is 1.07 bits per heavy atom. The molecule has 1 aromatic heterocycles. The summed E-state index contributed by atoms with van der Waals surface area (Å²) < 4.78 is 54.3. The molecule has 2 aromatic carbocycles. The van der Waals surface area contributed by atoms with E-state index in [-0.39, 0.29) is 30.4 Å². The largest absolute Gasteiger partial charge is 0.431 e. The second-order valence-electron chi connectivity index (χ2n) is 6.72. The molecule has 1 heterocycles. The van der Waals surface area contributed by atoms with E-state index >= 15 is 0 Å². The highest BCUT2D eigenvalue weighted by Crippen LogP contribution is 2.30. The predicted octanol–water partition coefficient (Wildman–Crippen LogP) is 3.83. The fraction of sp³-hybridized carbons (Fsp3) is 0.238. The summed E-state index contributed by atoms with van der Waals surface area (Å²) in [6.07, 6.45) is -4.73.